The van der Waals surface area contributed by atoms with Crippen molar-refractivity contribution in [1.29, 1.82) is 0 Å². The first-order valence-corrected chi connectivity index (χ1v) is 7.42. The van der Waals surface area contributed by atoms with E-state index in [1.807, 2.05) is 30.3 Å². The van der Waals surface area contributed by atoms with Crippen LogP contribution in [0.5, 0.6) is 0 Å². The van der Waals surface area contributed by atoms with Crippen molar-refractivity contribution < 1.29 is 14.7 Å². The highest BCUT2D eigenvalue weighted by atomic mass is 16.4. The average molecular weight is 321 g/mol. The molecule has 1 heterocycles. The molecular formula is C18H15N3O3. The fraction of sp³-hybridized carbons (Fsp3) is 0.111. The molecule has 0 spiro atoms. The predicted molar refractivity (Wildman–Crippen MR) is 88.6 cm³/mol. The second-order valence-corrected chi connectivity index (χ2v) is 5.31. The van der Waals surface area contributed by atoms with Gasteiger partial charge in [0.05, 0.1) is 11.0 Å². The number of aromatic nitrogens is 2. The molecule has 0 saturated heterocycles. The van der Waals surface area contributed by atoms with Crippen LogP contribution in [0.4, 0.5) is 0 Å². The molecule has 1 amide bonds. The van der Waals surface area contributed by atoms with Crippen molar-refractivity contribution in [3.05, 3.63) is 72.1 Å². The van der Waals surface area contributed by atoms with Gasteiger partial charge in [-0.25, -0.2) is 4.79 Å². The quantitative estimate of drug-likeness (QED) is 0.750. The van der Waals surface area contributed by atoms with Gasteiger partial charge in [0.25, 0.3) is 5.91 Å². The van der Waals surface area contributed by atoms with Crippen molar-refractivity contribution in [3.8, 4) is 0 Å². The molecule has 2 aromatic carbocycles. The van der Waals surface area contributed by atoms with E-state index in [2.05, 4.69) is 15.3 Å². The van der Waals surface area contributed by atoms with Gasteiger partial charge in [-0.2, -0.15) is 0 Å². The molecule has 2 N–H and O–H groups in total. The summed E-state index contributed by atoms with van der Waals surface area (Å²) in [5, 5.41) is 11.9. The van der Waals surface area contributed by atoms with E-state index in [0.29, 0.717) is 16.6 Å². The summed E-state index contributed by atoms with van der Waals surface area (Å²) in [6.07, 6.45) is 3.33. The molecule has 24 heavy (non-hydrogen) atoms. The van der Waals surface area contributed by atoms with Gasteiger partial charge in [-0.05, 0) is 23.8 Å². The van der Waals surface area contributed by atoms with Gasteiger partial charge in [0.15, 0.2) is 0 Å². The standard InChI is InChI=1S/C18H15N3O3/c22-17(13-6-7-14-15(11-13)20-9-8-19-14)21-16(18(23)24)10-12-4-2-1-3-5-12/h1-9,11,16H,10H2,(H,21,22)(H,23,24)/t16-/m0/s1. The molecule has 6 nitrogen and oxygen atoms in total. The van der Waals surface area contributed by atoms with E-state index >= 15 is 0 Å². The number of rotatable bonds is 5. The summed E-state index contributed by atoms with van der Waals surface area (Å²) in [6.45, 7) is 0. The first-order chi connectivity index (χ1) is 11.6. The maximum Gasteiger partial charge on any atom is 0.326 e. The molecule has 1 aromatic heterocycles. The number of amides is 1. The second kappa shape index (κ2) is 6.87. The van der Waals surface area contributed by atoms with Crippen molar-refractivity contribution >= 4 is 22.9 Å². The van der Waals surface area contributed by atoms with E-state index in [4.69, 9.17) is 0 Å². The molecule has 6 heteroatoms. The topological polar surface area (TPSA) is 92.2 Å². The maximum absolute atomic E-state index is 12.4. The number of carbonyl (C=O) groups excluding carboxylic acids is 1. The summed E-state index contributed by atoms with van der Waals surface area (Å²) in [5.41, 5.74) is 2.45. The highest BCUT2D eigenvalue weighted by molar-refractivity contribution is 5.99. The van der Waals surface area contributed by atoms with Crippen LogP contribution in [-0.4, -0.2) is 33.0 Å². The van der Waals surface area contributed by atoms with Crippen LogP contribution in [0.3, 0.4) is 0 Å². The zero-order valence-corrected chi connectivity index (χ0v) is 12.7. The van der Waals surface area contributed by atoms with E-state index < -0.39 is 17.9 Å². The van der Waals surface area contributed by atoms with Crippen LogP contribution in [0.25, 0.3) is 11.0 Å². The zero-order valence-electron chi connectivity index (χ0n) is 12.7. The number of hydrogen-bond donors (Lipinski definition) is 2. The number of hydrogen-bond acceptors (Lipinski definition) is 4. The number of nitrogens with zero attached hydrogens (tertiary/aromatic N) is 2. The first-order valence-electron chi connectivity index (χ1n) is 7.42. The number of aliphatic carboxylic acids is 1. The minimum atomic E-state index is -1.08. The summed E-state index contributed by atoms with van der Waals surface area (Å²) < 4.78 is 0. The van der Waals surface area contributed by atoms with Gasteiger partial charge < -0.3 is 10.4 Å². The third kappa shape index (κ3) is 3.55. The minimum absolute atomic E-state index is 0.218. The van der Waals surface area contributed by atoms with Gasteiger partial charge in [-0.3, -0.25) is 14.8 Å². The molecule has 0 aliphatic carbocycles. The Hall–Kier alpha value is -3.28. The number of nitrogens with one attached hydrogen (secondary N) is 1. The molecule has 0 radical (unpaired) electrons. The van der Waals surface area contributed by atoms with Crippen LogP contribution in [0, 0.1) is 0 Å². The van der Waals surface area contributed by atoms with E-state index in [0.717, 1.165) is 5.56 Å². The van der Waals surface area contributed by atoms with Crippen LogP contribution in [-0.2, 0) is 11.2 Å². The van der Waals surface area contributed by atoms with Crippen LogP contribution < -0.4 is 5.32 Å². The Bertz CT molecular complexity index is 881. The molecule has 0 unspecified atom stereocenters. The molecule has 0 saturated carbocycles. The Kier molecular flexibility index (Phi) is 4.47. The van der Waals surface area contributed by atoms with Gasteiger partial charge in [-0.1, -0.05) is 30.3 Å². The fourth-order valence-electron chi connectivity index (χ4n) is 2.40. The lowest BCUT2D eigenvalue weighted by atomic mass is 10.1. The monoisotopic (exact) mass is 321 g/mol. The molecular weight excluding hydrogens is 306 g/mol. The highest BCUT2D eigenvalue weighted by Gasteiger charge is 2.21. The molecule has 0 bridgehead atoms. The van der Waals surface area contributed by atoms with Gasteiger partial charge in [-0.15, -0.1) is 0 Å². The molecule has 0 fully saturated rings. The van der Waals surface area contributed by atoms with Crippen molar-refractivity contribution in [2.24, 2.45) is 0 Å². The number of benzene rings is 2. The first kappa shape index (κ1) is 15.6. The SMILES string of the molecule is O=C(N[C@@H](Cc1ccccc1)C(=O)O)c1ccc2nccnc2c1. The smallest absolute Gasteiger partial charge is 0.326 e. The minimum Gasteiger partial charge on any atom is -0.480 e. The molecule has 0 aliphatic rings. The number of carboxylic acids is 1. The number of carboxylic acid groups (broad SMARTS) is 1. The highest BCUT2D eigenvalue weighted by Crippen LogP contribution is 2.11. The Balaban J connectivity index is 1.78. The predicted octanol–water partition coefficient (Wildman–Crippen LogP) is 2.06. The van der Waals surface area contributed by atoms with Crippen LogP contribution in [0.1, 0.15) is 15.9 Å². The van der Waals surface area contributed by atoms with Crippen LogP contribution in [0.15, 0.2) is 60.9 Å². The Labute approximate surface area is 138 Å². The largest absolute Gasteiger partial charge is 0.480 e. The van der Waals surface area contributed by atoms with E-state index in [1.54, 1.807) is 30.6 Å². The third-order valence-electron chi connectivity index (χ3n) is 3.62. The number of fused-ring (bicyclic) bond motifs is 1. The molecule has 120 valence electrons. The van der Waals surface area contributed by atoms with Crippen LogP contribution in [0.2, 0.25) is 0 Å². The Morgan fingerprint density at radius 3 is 2.42 bits per heavy atom. The van der Waals surface area contributed by atoms with Crippen molar-refractivity contribution in [3.63, 3.8) is 0 Å². The van der Waals surface area contributed by atoms with Crippen LogP contribution >= 0.6 is 0 Å². The van der Waals surface area contributed by atoms with Gasteiger partial charge in [0.1, 0.15) is 6.04 Å². The Morgan fingerprint density at radius 1 is 1.00 bits per heavy atom. The summed E-state index contributed by atoms with van der Waals surface area (Å²) >= 11 is 0. The van der Waals surface area contributed by atoms with Crippen molar-refractivity contribution in [2.75, 3.05) is 0 Å². The van der Waals surface area contributed by atoms with E-state index in [1.165, 1.54) is 0 Å². The van der Waals surface area contributed by atoms with E-state index in [-0.39, 0.29) is 6.42 Å². The summed E-state index contributed by atoms with van der Waals surface area (Å²) in [6, 6.07) is 13.1. The normalized spacial score (nSPS) is 11.8. The third-order valence-corrected chi connectivity index (χ3v) is 3.62. The summed E-state index contributed by atoms with van der Waals surface area (Å²) in [5.74, 6) is -1.53. The zero-order chi connectivity index (χ0) is 16.9. The van der Waals surface area contributed by atoms with Gasteiger partial charge in [0, 0.05) is 24.4 Å². The lowest BCUT2D eigenvalue weighted by Crippen LogP contribution is -2.42. The van der Waals surface area contributed by atoms with Gasteiger partial charge in [0.2, 0.25) is 0 Å². The molecule has 1 atom stereocenters. The maximum atomic E-state index is 12.4. The van der Waals surface area contributed by atoms with Crippen molar-refractivity contribution in [2.45, 2.75) is 12.5 Å². The fourth-order valence-corrected chi connectivity index (χ4v) is 2.40. The van der Waals surface area contributed by atoms with Crippen molar-refractivity contribution in [1.82, 2.24) is 15.3 Å². The molecule has 3 rings (SSSR count). The molecule has 0 aliphatic heterocycles. The van der Waals surface area contributed by atoms with E-state index in [9.17, 15) is 14.7 Å². The second-order valence-electron chi connectivity index (χ2n) is 5.31. The van der Waals surface area contributed by atoms with Gasteiger partial charge >= 0.3 is 5.97 Å². The number of carbonyl (C=O) groups is 2. The average Bonchev–Trinajstić information content (AvgIpc) is 2.61. The Morgan fingerprint density at radius 2 is 1.71 bits per heavy atom. The molecule has 3 aromatic rings. The lowest BCUT2D eigenvalue weighted by molar-refractivity contribution is -0.139. The summed E-state index contributed by atoms with van der Waals surface area (Å²) in [4.78, 5) is 32.1. The lowest BCUT2D eigenvalue weighted by Gasteiger charge is -2.15. The summed E-state index contributed by atoms with van der Waals surface area (Å²) in [7, 11) is 0.